The molecule has 1 aliphatic heterocycles. The van der Waals surface area contributed by atoms with Crippen molar-refractivity contribution in [3.63, 3.8) is 0 Å². The zero-order valence-electron chi connectivity index (χ0n) is 13.9. The third-order valence-corrected chi connectivity index (χ3v) is 4.50. The van der Waals surface area contributed by atoms with E-state index < -0.39 is 0 Å². The Balaban J connectivity index is 1.69. The van der Waals surface area contributed by atoms with Crippen molar-refractivity contribution in [1.29, 1.82) is 0 Å². The first-order valence-electron chi connectivity index (χ1n) is 8.34. The van der Waals surface area contributed by atoms with Crippen LogP contribution in [0.4, 0.5) is 0 Å². The summed E-state index contributed by atoms with van der Waals surface area (Å²) < 4.78 is 18.4. The Hall–Kier alpha value is -3.25. The van der Waals surface area contributed by atoms with E-state index in [4.69, 9.17) is 19.0 Å². The van der Waals surface area contributed by atoms with E-state index in [0.717, 1.165) is 33.5 Å². The average molecular weight is 348 g/mol. The number of hydrogen-bond donors (Lipinski definition) is 1. The van der Waals surface area contributed by atoms with Crippen LogP contribution >= 0.6 is 0 Å². The molecule has 2 aromatic heterocycles. The molecule has 0 saturated heterocycles. The zero-order valence-corrected chi connectivity index (χ0v) is 13.9. The molecule has 2 aromatic carbocycles. The number of aliphatic hydroxyl groups is 1. The molecule has 0 unspecified atom stereocenters. The fraction of sp³-hybridized carbons (Fsp3) is 0.150. The molecule has 1 N–H and O–H groups in total. The molecule has 130 valence electrons. The number of rotatable bonds is 4. The molecule has 0 bridgehead atoms. The van der Waals surface area contributed by atoms with Gasteiger partial charge in [0.2, 0.25) is 6.79 Å². The molecule has 26 heavy (non-hydrogen) atoms. The van der Waals surface area contributed by atoms with Gasteiger partial charge in [-0.3, -0.25) is 4.68 Å². The van der Waals surface area contributed by atoms with E-state index in [1.165, 1.54) is 0 Å². The third kappa shape index (κ3) is 2.43. The van der Waals surface area contributed by atoms with Crippen molar-refractivity contribution in [3.05, 3.63) is 66.1 Å². The third-order valence-electron chi connectivity index (χ3n) is 4.50. The highest BCUT2D eigenvalue weighted by Crippen LogP contribution is 2.40. The van der Waals surface area contributed by atoms with Crippen LogP contribution in [0.15, 0.2) is 59.2 Å². The molecule has 0 radical (unpaired) electrons. The molecule has 3 heterocycles. The van der Waals surface area contributed by atoms with E-state index >= 15 is 0 Å². The summed E-state index contributed by atoms with van der Waals surface area (Å²) in [6.45, 7) is 0.723. The number of nitrogens with zero attached hydrogens (tertiary/aromatic N) is 2. The van der Waals surface area contributed by atoms with Gasteiger partial charge in [0.25, 0.3) is 0 Å². The van der Waals surface area contributed by atoms with Crippen LogP contribution < -0.4 is 9.47 Å². The maximum atomic E-state index is 9.28. The predicted molar refractivity (Wildman–Crippen MR) is 95.0 cm³/mol. The Bertz CT molecular complexity index is 1080. The second-order valence-corrected chi connectivity index (χ2v) is 6.17. The first-order valence-corrected chi connectivity index (χ1v) is 8.34. The number of fused-ring (bicyclic) bond motifs is 2. The van der Waals surface area contributed by atoms with E-state index in [1.54, 1.807) is 12.3 Å². The van der Waals surface area contributed by atoms with Gasteiger partial charge in [0, 0.05) is 17.0 Å². The number of aromatic nitrogens is 2. The summed E-state index contributed by atoms with van der Waals surface area (Å²) in [5, 5.41) is 15.0. The number of hydrogen-bond acceptors (Lipinski definition) is 5. The van der Waals surface area contributed by atoms with Gasteiger partial charge in [-0.1, -0.05) is 30.3 Å². The van der Waals surface area contributed by atoms with Crippen molar-refractivity contribution in [3.8, 4) is 22.8 Å². The van der Waals surface area contributed by atoms with Gasteiger partial charge in [0.1, 0.15) is 24.3 Å². The van der Waals surface area contributed by atoms with Crippen LogP contribution in [-0.2, 0) is 13.2 Å². The minimum atomic E-state index is -0.144. The molecule has 0 amide bonds. The molecule has 5 rings (SSSR count). The van der Waals surface area contributed by atoms with E-state index in [0.29, 0.717) is 18.1 Å². The lowest BCUT2D eigenvalue weighted by Crippen LogP contribution is -2.01. The first-order chi connectivity index (χ1) is 12.8. The van der Waals surface area contributed by atoms with Gasteiger partial charge in [-0.25, -0.2) is 0 Å². The fourth-order valence-corrected chi connectivity index (χ4v) is 3.24. The van der Waals surface area contributed by atoms with Crippen LogP contribution in [0.2, 0.25) is 0 Å². The molecule has 0 fully saturated rings. The number of ether oxygens (including phenoxy) is 2. The molecule has 6 nitrogen and oxygen atoms in total. The average Bonchev–Trinajstić information content (AvgIpc) is 3.39. The number of furan rings is 1. The van der Waals surface area contributed by atoms with Crippen LogP contribution in [0.5, 0.6) is 11.5 Å². The van der Waals surface area contributed by atoms with Crippen LogP contribution in [0.1, 0.15) is 11.3 Å². The Labute approximate surface area is 149 Å². The minimum Gasteiger partial charge on any atom is -0.466 e. The molecule has 6 heteroatoms. The van der Waals surface area contributed by atoms with E-state index in [-0.39, 0.29) is 13.4 Å². The lowest BCUT2D eigenvalue weighted by molar-refractivity contribution is 0.174. The topological polar surface area (TPSA) is 69.7 Å². The normalized spacial score (nSPS) is 12.8. The van der Waals surface area contributed by atoms with Crippen molar-refractivity contribution in [2.24, 2.45) is 0 Å². The van der Waals surface area contributed by atoms with Gasteiger partial charge in [0.05, 0.1) is 12.1 Å². The molecule has 1 aliphatic rings. The van der Waals surface area contributed by atoms with Crippen molar-refractivity contribution < 1.29 is 19.0 Å². The van der Waals surface area contributed by atoms with Crippen LogP contribution in [0, 0.1) is 0 Å². The zero-order chi connectivity index (χ0) is 17.5. The SMILES string of the molecule is OCc1cc(-c2nn(Cc3ccccc3)c3cc4c(cc23)OCO4)co1. The van der Waals surface area contributed by atoms with Crippen molar-refractivity contribution in [2.75, 3.05) is 6.79 Å². The van der Waals surface area contributed by atoms with Gasteiger partial charge < -0.3 is 19.0 Å². The summed E-state index contributed by atoms with van der Waals surface area (Å²) in [7, 11) is 0. The second kappa shape index (κ2) is 5.93. The van der Waals surface area contributed by atoms with Crippen LogP contribution in [-0.4, -0.2) is 21.7 Å². The largest absolute Gasteiger partial charge is 0.466 e. The maximum absolute atomic E-state index is 9.28. The van der Waals surface area contributed by atoms with Gasteiger partial charge in [0.15, 0.2) is 11.5 Å². The lowest BCUT2D eigenvalue weighted by Gasteiger charge is -2.04. The van der Waals surface area contributed by atoms with Gasteiger partial charge in [-0.2, -0.15) is 5.10 Å². The summed E-state index contributed by atoms with van der Waals surface area (Å²) in [5.41, 5.74) is 3.73. The second-order valence-electron chi connectivity index (χ2n) is 6.17. The number of benzene rings is 2. The Morgan fingerprint density at radius 2 is 1.85 bits per heavy atom. The van der Waals surface area contributed by atoms with Gasteiger partial charge >= 0.3 is 0 Å². The fourth-order valence-electron chi connectivity index (χ4n) is 3.24. The molecule has 4 aromatic rings. The Morgan fingerprint density at radius 3 is 2.62 bits per heavy atom. The standard InChI is InChI=1S/C20H16N2O4/c23-10-15-6-14(11-24-15)20-16-7-18-19(26-12-25-18)8-17(16)22(21-20)9-13-4-2-1-3-5-13/h1-8,11,23H,9-10,12H2. The Kier molecular flexibility index (Phi) is 3.43. The first kappa shape index (κ1) is 15.0. The van der Waals surface area contributed by atoms with Crippen molar-refractivity contribution >= 4 is 10.9 Å². The van der Waals surface area contributed by atoms with E-state index in [1.807, 2.05) is 35.0 Å². The van der Waals surface area contributed by atoms with E-state index in [9.17, 15) is 5.11 Å². The highest BCUT2D eigenvalue weighted by Gasteiger charge is 2.21. The number of aliphatic hydroxyl groups excluding tert-OH is 1. The summed E-state index contributed by atoms with van der Waals surface area (Å²) in [5.74, 6) is 1.94. The summed E-state index contributed by atoms with van der Waals surface area (Å²) in [6.07, 6.45) is 1.62. The summed E-state index contributed by atoms with van der Waals surface area (Å²) >= 11 is 0. The van der Waals surface area contributed by atoms with Crippen LogP contribution in [0.3, 0.4) is 0 Å². The molecule has 0 aliphatic carbocycles. The highest BCUT2D eigenvalue weighted by molar-refractivity contribution is 5.95. The molecule has 0 spiro atoms. The smallest absolute Gasteiger partial charge is 0.231 e. The Morgan fingerprint density at radius 1 is 1.04 bits per heavy atom. The quantitative estimate of drug-likeness (QED) is 0.611. The van der Waals surface area contributed by atoms with E-state index in [2.05, 4.69) is 12.1 Å². The molecule has 0 saturated carbocycles. The van der Waals surface area contributed by atoms with Crippen molar-refractivity contribution in [2.45, 2.75) is 13.2 Å². The highest BCUT2D eigenvalue weighted by atomic mass is 16.7. The predicted octanol–water partition coefficient (Wildman–Crippen LogP) is 3.57. The monoisotopic (exact) mass is 348 g/mol. The van der Waals surface area contributed by atoms with Gasteiger partial charge in [-0.15, -0.1) is 0 Å². The molecular weight excluding hydrogens is 332 g/mol. The lowest BCUT2D eigenvalue weighted by atomic mass is 10.1. The van der Waals surface area contributed by atoms with Gasteiger partial charge in [-0.05, 0) is 17.7 Å². The summed E-state index contributed by atoms with van der Waals surface area (Å²) in [4.78, 5) is 0. The summed E-state index contributed by atoms with van der Waals surface area (Å²) in [6, 6.07) is 15.9. The molecular formula is C20H16N2O4. The maximum Gasteiger partial charge on any atom is 0.231 e. The van der Waals surface area contributed by atoms with Crippen molar-refractivity contribution in [1.82, 2.24) is 9.78 Å². The molecule has 0 atom stereocenters. The van der Waals surface area contributed by atoms with Crippen LogP contribution in [0.25, 0.3) is 22.2 Å². The minimum absolute atomic E-state index is 0.144.